The molecule has 3 N–H and O–H groups in total. The second kappa shape index (κ2) is 9.64. The van der Waals surface area contributed by atoms with Crippen LogP contribution in [-0.2, 0) is 11.2 Å². The quantitative estimate of drug-likeness (QED) is 0.524. The Morgan fingerprint density at radius 3 is 2.60 bits per heavy atom. The fourth-order valence-corrected chi connectivity index (χ4v) is 2.93. The van der Waals surface area contributed by atoms with E-state index in [2.05, 4.69) is 20.6 Å². The number of aromatic nitrogens is 2. The SMILES string of the molecule is CCOC(=O)Nc1nc2ccc(C(=O)NCCc3ccc(OC)c(OC)c3)cc2[nH]1. The smallest absolute Gasteiger partial charge is 0.413 e. The maximum Gasteiger partial charge on any atom is 0.413 e. The summed E-state index contributed by atoms with van der Waals surface area (Å²) in [6.07, 6.45) is 0.0520. The monoisotopic (exact) mass is 412 g/mol. The summed E-state index contributed by atoms with van der Waals surface area (Å²) in [5.41, 5.74) is 2.77. The van der Waals surface area contributed by atoms with E-state index < -0.39 is 6.09 Å². The molecule has 0 aliphatic rings. The highest BCUT2D eigenvalue weighted by Gasteiger charge is 2.11. The van der Waals surface area contributed by atoms with Crippen molar-refractivity contribution in [2.45, 2.75) is 13.3 Å². The molecule has 2 aromatic carbocycles. The molecule has 0 bridgehead atoms. The van der Waals surface area contributed by atoms with Gasteiger partial charge in [0.2, 0.25) is 5.95 Å². The first-order valence-corrected chi connectivity index (χ1v) is 9.46. The molecule has 0 unspecified atom stereocenters. The number of nitrogens with zero attached hydrogens (tertiary/aromatic N) is 1. The number of hydrogen-bond acceptors (Lipinski definition) is 6. The minimum atomic E-state index is -0.593. The van der Waals surface area contributed by atoms with Gasteiger partial charge in [0.15, 0.2) is 11.5 Å². The van der Waals surface area contributed by atoms with Gasteiger partial charge in [0.05, 0.1) is 31.9 Å². The molecule has 0 spiro atoms. The van der Waals surface area contributed by atoms with E-state index in [1.54, 1.807) is 39.3 Å². The molecule has 0 aliphatic heterocycles. The second-order valence-corrected chi connectivity index (χ2v) is 6.36. The first kappa shape index (κ1) is 21.0. The molecule has 9 nitrogen and oxygen atoms in total. The van der Waals surface area contributed by atoms with Crippen molar-refractivity contribution < 1.29 is 23.8 Å². The topological polar surface area (TPSA) is 115 Å². The van der Waals surface area contributed by atoms with Gasteiger partial charge in [0.25, 0.3) is 5.91 Å². The number of hydrogen-bond donors (Lipinski definition) is 3. The maximum atomic E-state index is 12.5. The molecule has 0 atom stereocenters. The number of ether oxygens (including phenoxy) is 3. The number of benzene rings is 2. The Bertz CT molecular complexity index is 1050. The first-order chi connectivity index (χ1) is 14.5. The van der Waals surface area contributed by atoms with E-state index in [1.807, 2.05) is 18.2 Å². The van der Waals surface area contributed by atoms with Crippen LogP contribution in [0.4, 0.5) is 10.7 Å². The number of rotatable bonds is 8. The third-order valence-electron chi connectivity index (χ3n) is 4.39. The zero-order chi connectivity index (χ0) is 21.5. The third-order valence-corrected chi connectivity index (χ3v) is 4.39. The molecule has 0 saturated carbocycles. The summed E-state index contributed by atoms with van der Waals surface area (Å²) in [5.74, 6) is 1.37. The third kappa shape index (κ3) is 4.99. The van der Waals surface area contributed by atoms with Gasteiger partial charge in [-0.3, -0.25) is 10.1 Å². The Morgan fingerprint density at radius 1 is 1.07 bits per heavy atom. The van der Waals surface area contributed by atoms with Crippen molar-refractivity contribution in [1.29, 1.82) is 0 Å². The Morgan fingerprint density at radius 2 is 1.87 bits per heavy atom. The lowest BCUT2D eigenvalue weighted by Gasteiger charge is -2.10. The maximum absolute atomic E-state index is 12.5. The molecule has 0 saturated heterocycles. The van der Waals surface area contributed by atoms with Crippen LogP contribution in [-0.4, -0.2) is 49.3 Å². The van der Waals surface area contributed by atoms with Crippen LogP contribution in [0.25, 0.3) is 11.0 Å². The number of methoxy groups -OCH3 is 2. The largest absolute Gasteiger partial charge is 0.493 e. The van der Waals surface area contributed by atoms with Gasteiger partial charge in [-0.25, -0.2) is 9.78 Å². The Kier molecular flexibility index (Phi) is 6.74. The fourth-order valence-electron chi connectivity index (χ4n) is 2.93. The van der Waals surface area contributed by atoms with Crippen molar-refractivity contribution in [2.75, 3.05) is 32.7 Å². The van der Waals surface area contributed by atoms with Crippen molar-refractivity contribution in [2.24, 2.45) is 0 Å². The highest BCUT2D eigenvalue weighted by molar-refractivity contribution is 5.98. The van der Waals surface area contributed by atoms with Crippen LogP contribution in [0.3, 0.4) is 0 Å². The average Bonchev–Trinajstić information content (AvgIpc) is 3.14. The van der Waals surface area contributed by atoms with Gasteiger partial charge < -0.3 is 24.5 Å². The number of amides is 2. The molecule has 0 fully saturated rings. The molecule has 0 radical (unpaired) electrons. The normalized spacial score (nSPS) is 10.5. The number of carbonyl (C=O) groups is 2. The molecule has 9 heteroatoms. The van der Waals surface area contributed by atoms with E-state index in [-0.39, 0.29) is 18.5 Å². The number of fused-ring (bicyclic) bond motifs is 1. The zero-order valence-electron chi connectivity index (χ0n) is 17.1. The van der Waals surface area contributed by atoms with Crippen molar-refractivity contribution in [3.05, 3.63) is 47.5 Å². The minimum Gasteiger partial charge on any atom is -0.493 e. The van der Waals surface area contributed by atoms with E-state index in [0.29, 0.717) is 41.1 Å². The summed E-state index contributed by atoms with van der Waals surface area (Å²) in [5, 5.41) is 5.40. The van der Waals surface area contributed by atoms with Crippen molar-refractivity contribution in [1.82, 2.24) is 15.3 Å². The van der Waals surface area contributed by atoms with E-state index in [4.69, 9.17) is 14.2 Å². The van der Waals surface area contributed by atoms with E-state index in [1.165, 1.54) is 0 Å². The minimum absolute atomic E-state index is 0.202. The van der Waals surface area contributed by atoms with Crippen LogP contribution in [0, 0.1) is 0 Å². The lowest BCUT2D eigenvalue weighted by molar-refractivity contribution is 0.0954. The number of carbonyl (C=O) groups excluding carboxylic acids is 2. The van der Waals surface area contributed by atoms with Crippen LogP contribution in [0.2, 0.25) is 0 Å². The lowest BCUT2D eigenvalue weighted by Crippen LogP contribution is -2.25. The Labute approximate surface area is 173 Å². The van der Waals surface area contributed by atoms with Crippen LogP contribution in [0.15, 0.2) is 36.4 Å². The predicted molar refractivity (Wildman–Crippen MR) is 112 cm³/mol. The molecule has 3 rings (SSSR count). The van der Waals surface area contributed by atoms with Gasteiger partial charge in [0, 0.05) is 12.1 Å². The highest BCUT2D eigenvalue weighted by Crippen LogP contribution is 2.27. The number of aromatic amines is 1. The number of H-pyrrole nitrogens is 1. The first-order valence-electron chi connectivity index (χ1n) is 9.46. The molecule has 30 heavy (non-hydrogen) atoms. The summed E-state index contributed by atoms with van der Waals surface area (Å²) in [4.78, 5) is 31.2. The lowest BCUT2D eigenvalue weighted by atomic mass is 10.1. The van der Waals surface area contributed by atoms with Crippen molar-refractivity contribution in [3.63, 3.8) is 0 Å². The molecular formula is C21H24N4O5. The van der Waals surface area contributed by atoms with Gasteiger partial charge in [-0.1, -0.05) is 6.07 Å². The summed E-state index contributed by atoms with van der Waals surface area (Å²) < 4.78 is 15.4. The molecule has 2 amide bonds. The highest BCUT2D eigenvalue weighted by atomic mass is 16.5. The van der Waals surface area contributed by atoms with E-state index in [9.17, 15) is 9.59 Å². The number of anilines is 1. The van der Waals surface area contributed by atoms with Crippen LogP contribution in [0.5, 0.6) is 11.5 Å². The zero-order valence-corrected chi connectivity index (χ0v) is 17.1. The molecule has 1 aromatic heterocycles. The fraction of sp³-hybridized carbons (Fsp3) is 0.286. The summed E-state index contributed by atoms with van der Waals surface area (Å²) in [7, 11) is 3.17. The molecule has 1 heterocycles. The van der Waals surface area contributed by atoms with E-state index in [0.717, 1.165) is 5.56 Å². The van der Waals surface area contributed by atoms with Crippen molar-refractivity contribution >= 4 is 29.0 Å². The van der Waals surface area contributed by atoms with Gasteiger partial charge in [-0.2, -0.15) is 0 Å². The summed E-state index contributed by atoms with van der Waals surface area (Å²) in [6.45, 7) is 2.44. The molecule has 0 aliphatic carbocycles. The van der Waals surface area contributed by atoms with Crippen molar-refractivity contribution in [3.8, 4) is 11.5 Å². The van der Waals surface area contributed by atoms with Gasteiger partial charge in [-0.05, 0) is 49.2 Å². The average molecular weight is 412 g/mol. The summed E-state index contributed by atoms with van der Waals surface area (Å²) >= 11 is 0. The number of nitrogens with one attached hydrogen (secondary N) is 3. The second-order valence-electron chi connectivity index (χ2n) is 6.36. The molecule has 158 valence electrons. The number of imidazole rings is 1. The Balaban J connectivity index is 1.60. The van der Waals surface area contributed by atoms with Gasteiger partial charge >= 0.3 is 6.09 Å². The van der Waals surface area contributed by atoms with E-state index >= 15 is 0 Å². The predicted octanol–water partition coefficient (Wildman–Crippen LogP) is 3.12. The van der Waals surface area contributed by atoms with Gasteiger partial charge in [-0.15, -0.1) is 0 Å². The van der Waals surface area contributed by atoms with Crippen LogP contribution >= 0.6 is 0 Å². The Hall–Kier alpha value is -3.75. The van der Waals surface area contributed by atoms with Gasteiger partial charge in [0.1, 0.15) is 0 Å². The molecule has 3 aromatic rings. The molecular weight excluding hydrogens is 388 g/mol. The standard InChI is InChI=1S/C21H24N4O5/c1-4-30-21(27)25-20-23-15-7-6-14(12-16(15)24-20)19(26)22-10-9-13-5-8-17(28-2)18(11-13)29-3/h5-8,11-12H,4,9-10H2,1-3H3,(H,22,26)(H2,23,24,25,27). The van der Waals surface area contributed by atoms with Crippen LogP contribution in [0.1, 0.15) is 22.8 Å². The van der Waals surface area contributed by atoms with Crippen LogP contribution < -0.4 is 20.1 Å². The summed E-state index contributed by atoms with van der Waals surface area (Å²) in [6, 6.07) is 10.7.